The highest BCUT2D eigenvalue weighted by Gasteiger charge is 2.12. The van der Waals surface area contributed by atoms with Crippen LogP contribution in [0.2, 0.25) is 0 Å². The van der Waals surface area contributed by atoms with E-state index in [1.54, 1.807) is 6.20 Å². The van der Waals surface area contributed by atoms with Crippen LogP contribution in [0.5, 0.6) is 0 Å². The van der Waals surface area contributed by atoms with Gasteiger partial charge in [-0.25, -0.2) is 0 Å². The molecule has 0 N–H and O–H groups in total. The number of nitrogens with zero attached hydrogens (tertiary/aromatic N) is 3. The molecule has 0 atom stereocenters. The van der Waals surface area contributed by atoms with Crippen LogP contribution < -0.4 is 0 Å². The zero-order valence-electron chi connectivity index (χ0n) is 10.2. The molecule has 0 bridgehead atoms. The minimum absolute atomic E-state index is 0.529. The number of aromatic nitrogens is 3. The van der Waals surface area contributed by atoms with Gasteiger partial charge in [-0.1, -0.05) is 29.4 Å². The number of hydrogen-bond donors (Lipinski definition) is 0. The van der Waals surface area contributed by atoms with Crippen molar-refractivity contribution in [1.82, 2.24) is 15.1 Å². The molecule has 5 heteroatoms. The maximum atomic E-state index is 5.65. The van der Waals surface area contributed by atoms with Gasteiger partial charge in [0.2, 0.25) is 11.7 Å². The molecule has 0 fully saturated rings. The Bertz CT molecular complexity index is 690. The van der Waals surface area contributed by atoms with Gasteiger partial charge in [-0.3, -0.25) is 4.98 Å². The van der Waals surface area contributed by atoms with E-state index in [1.807, 2.05) is 30.3 Å². The lowest BCUT2D eigenvalue weighted by molar-refractivity contribution is 0.378. The Kier molecular flexibility index (Phi) is 3.42. The molecule has 0 unspecified atom stereocenters. The molecule has 96 valence electrons. The van der Waals surface area contributed by atoms with Crippen LogP contribution in [0.4, 0.5) is 0 Å². The van der Waals surface area contributed by atoms with Gasteiger partial charge in [0, 0.05) is 23.9 Å². The second-order valence-electron chi connectivity index (χ2n) is 4.18. The van der Waals surface area contributed by atoms with Crippen molar-refractivity contribution in [3.8, 4) is 11.5 Å². The van der Waals surface area contributed by atoms with Gasteiger partial charge in [-0.15, -0.1) is 11.6 Å². The van der Waals surface area contributed by atoms with Gasteiger partial charge in [-0.2, -0.15) is 4.98 Å². The number of rotatable bonds is 4. The highest BCUT2D eigenvalue weighted by atomic mass is 35.5. The summed E-state index contributed by atoms with van der Waals surface area (Å²) in [6, 6.07) is 9.98. The fraction of sp³-hybridized carbons (Fsp3) is 0.214. The maximum Gasteiger partial charge on any atom is 0.227 e. The van der Waals surface area contributed by atoms with Gasteiger partial charge in [0.1, 0.15) is 5.69 Å². The summed E-state index contributed by atoms with van der Waals surface area (Å²) in [4.78, 5) is 8.73. The van der Waals surface area contributed by atoms with Crippen LogP contribution in [0.1, 0.15) is 12.3 Å². The van der Waals surface area contributed by atoms with Crippen LogP contribution >= 0.6 is 11.6 Å². The first-order chi connectivity index (χ1) is 9.38. The first-order valence-corrected chi connectivity index (χ1v) is 6.64. The predicted octanol–water partition coefficient (Wildman–Crippen LogP) is 3.46. The van der Waals surface area contributed by atoms with Crippen LogP contribution in [0.15, 0.2) is 41.1 Å². The van der Waals surface area contributed by atoms with Crippen molar-refractivity contribution in [2.45, 2.75) is 12.8 Å². The smallest absolute Gasteiger partial charge is 0.227 e. The molecule has 1 aromatic carbocycles. The molecule has 0 aliphatic carbocycles. The molecule has 2 aromatic heterocycles. The second kappa shape index (κ2) is 5.36. The minimum atomic E-state index is 0.529. The van der Waals surface area contributed by atoms with E-state index in [4.69, 9.17) is 16.1 Å². The van der Waals surface area contributed by atoms with Crippen molar-refractivity contribution in [2.24, 2.45) is 0 Å². The number of aryl methyl sites for hydroxylation is 1. The molecule has 0 spiro atoms. The SMILES string of the molecule is ClCCCc1nc(-c2nccc3ccccc23)no1. The molecule has 2 heterocycles. The van der Waals surface area contributed by atoms with Crippen molar-refractivity contribution < 1.29 is 4.52 Å². The van der Waals surface area contributed by atoms with Gasteiger partial charge in [0.05, 0.1) is 0 Å². The molecule has 0 saturated carbocycles. The Morgan fingerprint density at radius 2 is 2.05 bits per heavy atom. The third-order valence-corrected chi connectivity index (χ3v) is 3.15. The van der Waals surface area contributed by atoms with Gasteiger partial charge >= 0.3 is 0 Å². The maximum absolute atomic E-state index is 5.65. The standard InChI is InChI=1S/C14H12ClN3O/c15-8-3-6-12-17-14(18-19-12)13-11-5-2-1-4-10(11)7-9-16-13/h1-2,4-5,7,9H,3,6,8H2. The Morgan fingerprint density at radius 3 is 2.95 bits per heavy atom. The summed E-state index contributed by atoms with van der Waals surface area (Å²) in [5, 5.41) is 6.13. The Hall–Kier alpha value is -1.94. The number of alkyl halides is 1. The van der Waals surface area contributed by atoms with Gasteiger partial charge in [-0.05, 0) is 17.9 Å². The molecule has 3 aromatic rings. The summed E-state index contributed by atoms with van der Waals surface area (Å²) in [6.45, 7) is 0. The van der Waals surface area contributed by atoms with Crippen LogP contribution in [-0.2, 0) is 6.42 Å². The van der Waals surface area contributed by atoms with Crippen LogP contribution in [0.3, 0.4) is 0 Å². The summed E-state index contributed by atoms with van der Waals surface area (Å²) < 4.78 is 5.21. The monoisotopic (exact) mass is 273 g/mol. The first-order valence-electron chi connectivity index (χ1n) is 6.11. The normalized spacial score (nSPS) is 11.0. The summed E-state index contributed by atoms with van der Waals surface area (Å²) in [6.07, 6.45) is 3.28. The largest absolute Gasteiger partial charge is 0.339 e. The molecular weight excluding hydrogens is 262 g/mol. The van der Waals surface area contributed by atoms with E-state index >= 15 is 0 Å². The molecule has 19 heavy (non-hydrogen) atoms. The molecule has 4 nitrogen and oxygen atoms in total. The highest BCUT2D eigenvalue weighted by Crippen LogP contribution is 2.24. The quantitative estimate of drug-likeness (QED) is 0.683. The minimum Gasteiger partial charge on any atom is -0.339 e. The molecule has 0 amide bonds. The number of hydrogen-bond acceptors (Lipinski definition) is 4. The number of pyridine rings is 1. The predicted molar refractivity (Wildman–Crippen MR) is 74.1 cm³/mol. The van der Waals surface area contributed by atoms with Crippen molar-refractivity contribution in [3.05, 3.63) is 42.4 Å². The van der Waals surface area contributed by atoms with E-state index in [0.717, 1.165) is 22.9 Å². The average Bonchev–Trinajstić information content (AvgIpc) is 2.93. The number of benzene rings is 1. The van der Waals surface area contributed by atoms with E-state index in [9.17, 15) is 0 Å². The van der Waals surface area contributed by atoms with E-state index in [0.29, 0.717) is 24.0 Å². The van der Waals surface area contributed by atoms with Crippen molar-refractivity contribution in [2.75, 3.05) is 5.88 Å². The summed E-state index contributed by atoms with van der Waals surface area (Å²) >= 11 is 5.65. The fourth-order valence-corrected chi connectivity index (χ4v) is 2.10. The Balaban J connectivity index is 2.02. The third kappa shape index (κ3) is 2.44. The number of halogens is 1. The molecule has 0 aliphatic heterocycles. The summed E-state index contributed by atoms with van der Waals surface area (Å²) in [5.41, 5.74) is 0.749. The van der Waals surface area contributed by atoms with Crippen LogP contribution in [0.25, 0.3) is 22.3 Å². The fourth-order valence-electron chi connectivity index (χ4n) is 1.97. The molecule has 0 radical (unpaired) electrons. The Labute approximate surface area is 115 Å². The lowest BCUT2D eigenvalue weighted by Gasteiger charge is -2.00. The topological polar surface area (TPSA) is 51.8 Å². The van der Waals surface area contributed by atoms with E-state index in [-0.39, 0.29) is 0 Å². The van der Waals surface area contributed by atoms with Crippen molar-refractivity contribution >= 4 is 22.4 Å². The summed E-state index contributed by atoms with van der Waals surface area (Å²) in [5.74, 6) is 1.72. The van der Waals surface area contributed by atoms with E-state index < -0.39 is 0 Å². The van der Waals surface area contributed by atoms with Gasteiger partial charge in [0.15, 0.2) is 0 Å². The second-order valence-corrected chi connectivity index (χ2v) is 4.56. The molecule has 0 aliphatic rings. The lowest BCUT2D eigenvalue weighted by Crippen LogP contribution is -1.89. The van der Waals surface area contributed by atoms with Gasteiger partial charge in [0.25, 0.3) is 0 Å². The molecular formula is C14H12ClN3O. The summed E-state index contributed by atoms with van der Waals surface area (Å²) in [7, 11) is 0. The zero-order valence-corrected chi connectivity index (χ0v) is 11.0. The van der Waals surface area contributed by atoms with E-state index in [1.165, 1.54) is 0 Å². The van der Waals surface area contributed by atoms with E-state index in [2.05, 4.69) is 15.1 Å². The van der Waals surface area contributed by atoms with Crippen LogP contribution in [-0.4, -0.2) is 21.0 Å². The van der Waals surface area contributed by atoms with Crippen molar-refractivity contribution in [1.29, 1.82) is 0 Å². The third-order valence-electron chi connectivity index (χ3n) is 2.88. The zero-order chi connectivity index (χ0) is 13.1. The number of fused-ring (bicyclic) bond motifs is 1. The molecule has 0 saturated heterocycles. The average molecular weight is 274 g/mol. The molecule has 3 rings (SSSR count). The van der Waals surface area contributed by atoms with Gasteiger partial charge < -0.3 is 4.52 Å². The van der Waals surface area contributed by atoms with Crippen LogP contribution in [0, 0.1) is 0 Å². The lowest BCUT2D eigenvalue weighted by atomic mass is 10.1. The van der Waals surface area contributed by atoms with Crippen molar-refractivity contribution in [3.63, 3.8) is 0 Å². The highest BCUT2D eigenvalue weighted by molar-refractivity contribution is 6.17. The first kappa shape index (κ1) is 12.1. The Morgan fingerprint density at radius 1 is 1.16 bits per heavy atom.